The lowest BCUT2D eigenvalue weighted by Gasteiger charge is -1.89. The van der Waals surface area contributed by atoms with E-state index >= 15 is 0 Å². The van der Waals surface area contributed by atoms with Crippen molar-refractivity contribution in [2.45, 2.75) is 0 Å². The molecule has 0 saturated heterocycles. The van der Waals surface area contributed by atoms with Gasteiger partial charge in [-0.05, 0) is 12.1 Å². The Morgan fingerprint density at radius 1 is 1.42 bits per heavy atom. The molecule has 1 aromatic rings. The van der Waals surface area contributed by atoms with Crippen LogP contribution in [0.1, 0.15) is 0 Å². The second-order valence-electron chi connectivity index (χ2n) is 1.67. The number of hydrogen-bond acceptors (Lipinski definition) is 3. The molecule has 6 heteroatoms. The van der Waals surface area contributed by atoms with Gasteiger partial charge in [-0.2, -0.15) is 0 Å². The zero-order valence-corrected chi connectivity index (χ0v) is 7.38. The lowest BCUT2D eigenvalue weighted by Crippen LogP contribution is -1.75. The van der Waals surface area contributed by atoms with Crippen LogP contribution in [0.15, 0.2) is 24.3 Å². The number of rotatable bonds is 0. The molecule has 0 amide bonds. The third-order valence-electron chi connectivity index (χ3n) is 0.852. The van der Waals surface area contributed by atoms with Gasteiger partial charge in [0.2, 0.25) is 0 Å². The van der Waals surface area contributed by atoms with Crippen molar-refractivity contribution >= 4 is 23.0 Å². The number of para-hydroxylation sites is 1. The quantitative estimate of drug-likeness (QED) is 0.633. The molecule has 0 aliphatic rings. The summed E-state index contributed by atoms with van der Waals surface area (Å²) in [5.41, 5.74) is 0. The van der Waals surface area contributed by atoms with Crippen LogP contribution >= 0.6 is 11.6 Å². The number of hydrogen-bond donors (Lipinski definition) is 2. The highest BCUT2D eigenvalue weighted by Crippen LogP contribution is 2.20. The van der Waals surface area contributed by atoms with E-state index in [4.69, 9.17) is 30.0 Å². The Bertz CT molecular complexity index is 240. The molecular formula is C6H6ClO4S-. The lowest BCUT2D eigenvalue weighted by atomic mass is 10.3. The molecule has 0 saturated carbocycles. The van der Waals surface area contributed by atoms with Gasteiger partial charge in [0, 0.05) is 0 Å². The minimum absolute atomic E-state index is 0.133. The normalized spacial score (nSPS) is 11.2. The van der Waals surface area contributed by atoms with Crippen LogP contribution < -0.4 is 0 Å². The van der Waals surface area contributed by atoms with Gasteiger partial charge in [-0.15, -0.1) is 0 Å². The summed E-state index contributed by atoms with van der Waals surface area (Å²) in [4.78, 5) is 0. The van der Waals surface area contributed by atoms with Gasteiger partial charge >= 0.3 is 0 Å². The number of aromatic hydroxyl groups is 1. The third kappa shape index (κ3) is 6.11. The first-order valence-electron chi connectivity index (χ1n) is 2.76. The maximum absolute atomic E-state index is 8.79. The van der Waals surface area contributed by atoms with E-state index in [1.54, 1.807) is 24.3 Å². The van der Waals surface area contributed by atoms with E-state index in [1.807, 2.05) is 0 Å². The molecule has 0 bridgehead atoms. The summed E-state index contributed by atoms with van der Waals surface area (Å²) in [5.74, 6) is 0.133. The second kappa shape index (κ2) is 5.96. The van der Waals surface area contributed by atoms with Gasteiger partial charge in [0.1, 0.15) is 5.75 Å². The molecule has 0 fully saturated rings. The maximum atomic E-state index is 8.79. The summed E-state index contributed by atoms with van der Waals surface area (Å²) in [7, 11) is 0. The standard InChI is InChI=1S/C6H5ClO.H2O3S/c7-5-3-1-2-4-6(5)8;1-4(2)3/h1-4,8H;(H2,1,2,3)/p-1. The summed E-state index contributed by atoms with van der Waals surface area (Å²) in [6.07, 6.45) is 0. The Labute approximate surface area is 76.9 Å². The van der Waals surface area contributed by atoms with E-state index in [0.29, 0.717) is 5.02 Å². The zero-order chi connectivity index (χ0) is 9.56. The largest absolute Gasteiger partial charge is 0.750 e. The highest BCUT2D eigenvalue weighted by molar-refractivity contribution is 7.73. The molecule has 4 nitrogen and oxygen atoms in total. The second-order valence-corrected chi connectivity index (χ2v) is 2.51. The monoisotopic (exact) mass is 209 g/mol. The van der Waals surface area contributed by atoms with Crippen molar-refractivity contribution in [2.75, 3.05) is 0 Å². The van der Waals surface area contributed by atoms with Crippen LogP contribution in [0.3, 0.4) is 0 Å². The van der Waals surface area contributed by atoms with Gasteiger partial charge in [0.25, 0.3) is 0 Å². The average molecular weight is 210 g/mol. The number of halogens is 1. The van der Waals surface area contributed by atoms with Crippen molar-refractivity contribution in [3.63, 3.8) is 0 Å². The fourth-order valence-corrected chi connectivity index (χ4v) is 0.587. The lowest BCUT2D eigenvalue weighted by molar-refractivity contribution is 0.436. The van der Waals surface area contributed by atoms with E-state index in [-0.39, 0.29) is 5.75 Å². The third-order valence-corrected chi connectivity index (χ3v) is 1.17. The molecule has 12 heavy (non-hydrogen) atoms. The van der Waals surface area contributed by atoms with Crippen molar-refractivity contribution in [3.8, 4) is 5.75 Å². The fourth-order valence-electron chi connectivity index (χ4n) is 0.452. The minimum atomic E-state index is -2.86. The van der Waals surface area contributed by atoms with Gasteiger partial charge in [-0.3, -0.25) is 0 Å². The van der Waals surface area contributed by atoms with Gasteiger partial charge in [-0.1, -0.05) is 23.7 Å². The molecule has 0 radical (unpaired) electrons. The number of phenols is 1. The highest BCUT2D eigenvalue weighted by atomic mass is 35.5. The average Bonchev–Trinajstić information content (AvgIpc) is 1.94. The van der Waals surface area contributed by atoms with E-state index in [1.165, 1.54) is 0 Å². The summed E-state index contributed by atoms with van der Waals surface area (Å²) in [5, 5.41) is 9.18. The molecule has 1 rings (SSSR count). The van der Waals surface area contributed by atoms with Crippen molar-refractivity contribution in [3.05, 3.63) is 29.3 Å². The molecule has 2 N–H and O–H groups in total. The Morgan fingerprint density at radius 3 is 2.08 bits per heavy atom. The van der Waals surface area contributed by atoms with Crippen molar-refractivity contribution in [1.29, 1.82) is 0 Å². The van der Waals surface area contributed by atoms with E-state index in [9.17, 15) is 0 Å². The van der Waals surface area contributed by atoms with Crippen LogP contribution in [0.5, 0.6) is 5.75 Å². The highest BCUT2D eigenvalue weighted by Gasteiger charge is 1.89. The van der Waals surface area contributed by atoms with Crippen molar-refractivity contribution in [1.82, 2.24) is 0 Å². The molecule has 0 aliphatic carbocycles. The molecule has 1 unspecified atom stereocenters. The SMILES string of the molecule is O=S([O-])O.Oc1ccccc1Cl. The maximum Gasteiger partial charge on any atom is 0.134 e. The summed E-state index contributed by atoms with van der Waals surface area (Å²) < 4.78 is 24.1. The first-order valence-corrected chi connectivity index (χ1v) is 4.17. The van der Waals surface area contributed by atoms with Crippen molar-refractivity contribution < 1.29 is 18.4 Å². The Kier molecular flexibility index (Phi) is 5.65. The van der Waals surface area contributed by atoms with E-state index in [2.05, 4.69) is 0 Å². The Morgan fingerprint density at radius 2 is 1.83 bits per heavy atom. The van der Waals surface area contributed by atoms with Gasteiger partial charge < -0.3 is 14.2 Å². The van der Waals surface area contributed by atoms with Crippen LogP contribution in [0.25, 0.3) is 0 Å². The predicted molar refractivity (Wildman–Crippen MR) is 44.7 cm³/mol. The van der Waals surface area contributed by atoms with E-state index < -0.39 is 11.4 Å². The smallest absolute Gasteiger partial charge is 0.134 e. The van der Waals surface area contributed by atoms with Crippen LogP contribution in [0, 0.1) is 0 Å². The van der Waals surface area contributed by atoms with E-state index in [0.717, 1.165) is 0 Å². The molecule has 0 heterocycles. The molecule has 0 aromatic heterocycles. The van der Waals surface area contributed by atoms with Crippen LogP contribution in [-0.2, 0) is 11.4 Å². The van der Waals surface area contributed by atoms with Crippen LogP contribution in [0.4, 0.5) is 0 Å². The first-order chi connectivity index (χ1) is 5.54. The molecule has 0 spiro atoms. The predicted octanol–water partition coefficient (Wildman–Crippen LogP) is 1.38. The molecular weight excluding hydrogens is 204 g/mol. The zero-order valence-electron chi connectivity index (χ0n) is 5.81. The van der Waals surface area contributed by atoms with Crippen LogP contribution in [-0.4, -0.2) is 18.4 Å². The number of benzene rings is 1. The first kappa shape index (κ1) is 11.4. The van der Waals surface area contributed by atoms with Gasteiger partial charge in [0.15, 0.2) is 0 Å². The Hall–Kier alpha value is -0.620. The Balaban J connectivity index is 0.000000261. The molecule has 0 aliphatic heterocycles. The summed E-state index contributed by atoms with van der Waals surface area (Å²) >= 11 is 2.60. The fraction of sp³-hybridized carbons (Fsp3) is 0. The topological polar surface area (TPSA) is 80.6 Å². The van der Waals surface area contributed by atoms with Crippen molar-refractivity contribution in [2.24, 2.45) is 0 Å². The van der Waals surface area contributed by atoms with Gasteiger partial charge in [0.05, 0.1) is 16.4 Å². The molecule has 1 aromatic carbocycles. The molecule has 68 valence electrons. The number of phenolic OH excluding ortho intramolecular Hbond substituents is 1. The summed E-state index contributed by atoms with van der Waals surface area (Å²) in [6, 6.07) is 6.67. The minimum Gasteiger partial charge on any atom is -0.750 e. The summed E-state index contributed by atoms with van der Waals surface area (Å²) in [6.45, 7) is 0. The van der Waals surface area contributed by atoms with Gasteiger partial charge in [-0.25, -0.2) is 4.21 Å². The molecule has 1 atom stereocenters. The van der Waals surface area contributed by atoms with Crippen LogP contribution in [0.2, 0.25) is 5.02 Å².